The molecule has 26 heavy (non-hydrogen) atoms. The third kappa shape index (κ3) is 4.11. The van der Waals surface area contributed by atoms with Crippen molar-refractivity contribution in [1.82, 2.24) is 10.2 Å². The molecule has 1 aliphatic carbocycles. The highest BCUT2D eigenvalue weighted by Gasteiger charge is 2.24. The number of carbonyl (C=O) groups excluding carboxylic acids is 2. The summed E-state index contributed by atoms with van der Waals surface area (Å²) in [7, 11) is 3.60. The summed E-state index contributed by atoms with van der Waals surface area (Å²) < 4.78 is 0. The molecule has 0 saturated heterocycles. The van der Waals surface area contributed by atoms with Crippen LogP contribution in [0.4, 0.5) is 5.69 Å². The van der Waals surface area contributed by atoms with Crippen LogP contribution in [0.5, 0.6) is 0 Å². The van der Waals surface area contributed by atoms with Crippen LogP contribution in [0, 0.1) is 0 Å². The van der Waals surface area contributed by atoms with Gasteiger partial charge in [0.25, 0.3) is 5.91 Å². The Balaban J connectivity index is 1.61. The first-order valence-electron chi connectivity index (χ1n) is 8.98. The van der Waals surface area contributed by atoms with Crippen LogP contribution in [0.2, 0.25) is 0 Å². The molecule has 0 saturated carbocycles. The van der Waals surface area contributed by atoms with Gasteiger partial charge in [-0.2, -0.15) is 0 Å². The zero-order chi connectivity index (χ0) is 18.5. The molecule has 0 aliphatic heterocycles. The monoisotopic (exact) mass is 351 g/mol. The number of hydrogen-bond acceptors (Lipinski definition) is 3. The van der Waals surface area contributed by atoms with Gasteiger partial charge in [-0.1, -0.05) is 24.3 Å². The first-order valence-corrected chi connectivity index (χ1v) is 8.98. The second kappa shape index (κ2) is 8.15. The predicted octanol–water partition coefficient (Wildman–Crippen LogP) is 2.99. The van der Waals surface area contributed by atoms with E-state index in [4.69, 9.17) is 0 Å². The minimum Gasteiger partial charge on any atom is -0.355 e. The Bertz CT molecular complexity index is 786. The maximum absolute atomic E-state index is 12.4. The number of amides is 2. The molecular formula is C21H25N3O2. The minimum absolute atomic E-state index is 0.0525. The van der Waals surface area contributed by atoms with Gasteiger partial charge in [0.05, 0.1) is 6.54 Å². The standard InChI is InChI=1S/C21H25N3O2/c1-22-21(26)16-10-12-17(13-11-16)23-20(25)14-24(2)19-9-5-7-15-6-3-4-8-18(15)19/h3-4,6,8,10-13,19H,5,7,9,14H2,1-2H3,(H,22,26)(H,23,25)/t19-/m0/s1. The first-order chi connectivity index (χ1) is 12.6. The second-order valence-electron chi connectivity index (χ2n) is 6.73. The van der Waals surface area contributed by atoms with Crippen LogP contribution in [-0.4, -0.2) is 37.4 Å². The zero-order valence-corrected chi connectivity index (χ0v) is 15.3. The van der Waals surface area contributed by atoms with Crippen molar-refractivity contribution in [2.45, 2.75) is 25.3 Å². The Morgan fingerprint density at radius 2 is 1.85 bits per heavy atom. The van der Waals surface area contributed by atoms with Gasteiger partial charge in [0.2, 0.25) is 5.91 Å². The molecule has 136 valence electrons. The Kier molecular flexibility index (Phi) is 5.68. The van der Waals surface area contributed by atoms with E-state index < -0.39 is 0 Å². The van der Waals surface area contributed by atoms with Crippen molar-refractivity contribution in [2.75, 3.05) is 26.0 Å². The molecule has 0 aromatic heterocycles. The number of aryl methyl sites for hydroxylation is 1. The number of fused-ring (bicyclic) bond motifs is 1. The van der Waals surface area contributed by atoms with E-state index in [1.54, 1.807) is 31.3 Å². The van der Waals surface area contributed by atoms with E-state index in [0.29, 0.717) is 17.8 Å². The summed E-state index contributed by atoms with van der Waals surface area (Å²) in [5.41, 5.74) is 3.99. The lowest BCUT2D eigenvalue weighted by atomic mass is 9.87. The first kappa shape index (κ1) is 18.1. The van der Waals surface area contributed by atoms with E-state index in [2.05, 4.69) is 39.8 Å². The topological polar surface area (TPSA) is 61.4 Å². The van der Waals surface area contributed by atoms with Crippen LogP contribution >= 0.6 is 0 Å². The quantitative estimate of drug-likeness (QED) is 0.870. The van der Waals surface area contributed by atoms with Crippen LogP contribution < -0.4 is 10.6 Å². The molecule has 0 unspecified atom stereocenters. The summed E-state index contributed by atoms with van der Waals surface area (Å²) in [5.74, 6) is -0.193. The average molecular weight is 351 g/mol. The molecule has 2 aromatic carbocycles. The van der Waals surface area contributed by atoms with Crippen LogP contribution in [-0.2, 0) is 11.2 Å². The smallest absolute Gasteiger partial charge is 0.251 e. The summed E-state index contributed by atoms with van der Waals surface area (Å²) in [6, 6.07) is 15.7. The van der Waals surface area contributed by atoms with Gasteiger partial charge in [0.1, 0.15) is 0 Å². The minimum atomic E-state index is -0.140. The Morgan fingerprint density at radius 3 is 2.58 bits per heavy atom. The number of rotatable bonds is 5. The Hall–Kier alpha value is -2.66. The largest absolute Gasteiger partial charge is 0.355 e. The molecule has 2 amide bonds. The van der Waals surface area contributed by atoms with Crippen molar-refractivity contribution in [3.8, 4) is 0 Å². The van der Waals surface area contributed by atoms with E-state index in [1.807, 2.05) is 7.05 Å². The molecule has 2 N–H and O–H groups in total. The van der Waals surface area contributed by atoms with Gasteiger partial charge in [-0.15, -0.1) is 0 Å². The second-order valence-corrected chi connectivity index (χ2v) is 6.73. The normalized spacial score (nSPS) is 16.0. The van der Waals surface area contributed by atoms with Crippen LogP contribution in [0.25, 0.3) is 0 Å². The lowest BCUT2D eigenvalue weighted by Gasteiger charge is -2.32. The molecule has 0 heterocycles. The number of likely N-dealkylation sites (N-methyl/N-ethyl adjacent to an activating group) is 1. The highest BCUT2D eigenvalue weighted by atomic mass is 16.2. The van der Waals surface area contributed by atoms with Gasteiger partial charge in [-0.3, -0.25) is 14.5 Å². The molecule has 0 radical (unpaired) electrons. The molecule has 5 nitrogen and oxygen atoms in total. The van der Waals surface area contributed by atoms with Crippen LogP contribution in [0.1, 0.15) is 40.4 Å². The summed E-state index contributed by atoms with van der Waals surface area (Å²) >= 11 is 0. The van der Waals surface area contributed by atoms with Gasteiger partial charge >= 0.3 is 0 Å². The molecule has 0 spiro atoms. The van der Waals surface area contributed by atoms with Gasteiger partial charge in [-0.25, -0.2) is 0 Å². The van der Waals surface area contributed by atoms with E-state index in [-0.39, 0.29) is 17.9 Å². The number of benzene rings is 2. The zero-order valence-electron chi connectivity index (χ0n) is 15.3. The molecule has 5 heteroatoms. The number of nitrogens with one attached hydrogen (secondary N) is 2. The highest BCUT2D eigenvalue weighted by molar-refractivity contribution is 5.96. The van der Waals surface area contributed by atoms with E-state index >= 15 is 0 Å². The molecule has 0 fully saturated rings. The lowest BCUT2D eigenvalue weighted by molar-refractivity contribution is -0.117. The summed E-state index contributed by atoms with van der Waals surface area (Å²) in [6.45, 7) is 0.330. The van der Waals surface area contributed by atoms with Gasteiger partial charge in [0, 0.05) is 24.3 Å². The van der Waals surface area contributed by atoms with Crippen molar-refractivity contribution in [2.24, 2.45) is 0 Å². The van der Waals surface area contributed by atoms with Crippen LogP contribution in [0.15, 0.2) is 48.5 Å². The van der Waals surface area contributed by atoms with Crippen molar-refractivity contribution < 1.29 is 9.59 Å². The fourth-order valence-electron chi connectivity index (χ4n) is 3.57. The lowest BCUT2D eigenvalue weighted by Crippen LogP contribution is -2.34. The maximum Gasteiger partial charge on any atom is 0.251 e. The summed E-state index contributed by atoms with van der Waals surface area (Å²) in [4.78, 5) is 26.1. The third-order valence-electron chi connectivity index (χ3n) is 4.92. The number of hydrogen-bond donors (Lipinski definition) is 2. The van der Waals surface area contributed by atoms with Gasteiger partial charge < -0.3 is 10.6 Å². The van der Waals surface area contributed by atoms with Gasteiger partial charge in [0.15, 0.2) is 0 Å². The van der Waals surface area contributed by atoms with E-state index in [1.165, 1.54) is 11.1 Å². The molecule has 1 aliphatic rings. The van der Waals surface area contributed by atoms with Gasteiger partial charge in [-0.05, 0) is 61.7 Å². The average Bonchev–Trinajstić information content (AvgIpc) is 2.67. The fourth-order valence-corrected chi connectivity index (χ4v) is 3.57. The van der Waals surface area contributed by atoms with E-state index in [0.717, 1.165) is 19.3 Å². The number of anilines is 1. The van der Waals surface area contributed by atoms with Crippen molar-refractivity contribution in [1.29, 1.82) is 0 Å². The number of nitrogens with zero attached hydrogens (tertiary/aromatic N) is 1. The summed E-state index contributed by atoms with van der Waals surface area (Å²) in [5, 5.41) is 5.49. The molecule has 0 bridgehead atoms. The summed E-state index contributed by atoms with van der Waals surface area (Å²) in [6.07, 6.45) is 3.33. The molecular weight excluding hydrogens is 326 g/mol. The highest BCUT2D eigenvalue weighted by Crippen LogP contribution is 2.33. The van der Waals surface area contributed by atoms with Crippen molar-refractivity contribution in [3.63, 3.8) is 0 Å². The molecule has 2 aromatic rings. The third-order valence-corrected chi connectivity index (χ3v) is 4.92. The van der Waals surface area contributed by atoms with Crippen molar-refractivity contribution in [3.05, 3.63) is 65.2 Å². The Morgan fingerprint density at radius 1 is 1.12 bits per heavy atom. The Labute approximate surface area is 154 Å². The molecule has 1 atom stereocenters. The number of carbonyl (C=O) groups is 2. The maximum atomic E-state index is 12.4. The van der Waals surface area contributed by atoms with Crippen LogP contribution in [0.3, 0.4) is 0 Å². The molecule has 3 rings (SSSR count). The van der Waals surface area contributed by atoms with Crippen molar-refractivity contribution >= 4 is 17.5 Å². The SMILES string of the molecule is CNC(=O)c1ccc(NC(=O)CN(C)[C@H]2CCCc3ccccc32)cc1. The van der Waals surface area contributed by atoms with E-state index in [9.17, 15) is 9.59 Å². The predicted molar refractivity (Wildman–Crippen MR) is 103 cm³/mol. The fraction of sp³-hybridized carbons (Fsp3) is 0.333.